The van der Waals surface area contributed by atoms with E-state index in [2.05, 4.69) is 5.32 Å². The molecule has 0 spiro atoms. The van der Waals surface area contributed by atoms with Gasteiger partial charge >= 0.3 is 0 Å². The van der Waals surface area contributed by atoms with Gasteiger partial charge in [-0.25, -0.2) is 0 Å². The van der Waals surface area contributed by atoms with Crippen molar-refractivity contribution in [1.29, 1.82) is 0 Å². The van der Waals surface area contributed by atoms with E-state index in [4.69, 9.17) is 13.9 Å². The highest BCUT2D eigenvalue weighted by Gasteiger charge is 2.21. The molecule has 1 saturated carbocycles. The van der Waals surface area contributed by atoms with Gasteiger partial charge in [-0.1, -0.05) is 12.1 Å². The molecule has 0 saturated heterocycles. The topological polar surface area (TPSA) is 60.7 Å². The van der Waals surface area contributed by atoms with Crippen molar-refractivity contribution < 1.29 is 18.7 Å². The van der Waals surface area contributed by atoms with Gasteiger partial charge in [-0.3, -0.25) is 4.79 Å². The maximum atomic E-state index is 11.2. The van der Waals surface area contributed by atoms with Crippen LogP contribution in [-0.4, -0.2) is 12.5 Å². The van der Waals surface area contributed by atoms with Gasteiger partial charge in [0, 0.05) is 12.3 Å². The predicted octanol–water partition coefficient (Wildman–Crippen LogP) is 5.00. The molecule has 5 heteroatoms. The lowest BCUT2D eigenvalue weighted by molar-refractivity contribution is -0.119. The number of hydrogen-bond donors (Lipinski definition) is 1. The Kier molecular flexibility index (Phi) is 5.24. The fourth-order valence-electron chi connectivity index (χ4n) is 3.07. The van der Waals surface area contributed by atoms with Crippen LogP contribution in [0.1, 0.15) is 44.1 Å². The van der Waals surface area contributed by atoms with Crippen LogP contribution in [0.15, 0.2) is 52.9 Å². The van der Waals surface area contributed by atoms with Crippen LogP contribution in [0.3, 0.4) is 0 Å². The number of furan rings is 1. The fraction of sp³-hybridized carbons (Fsp3) is 0.348. The van der Waals surface area contributed by atoms with Crippen LogP contribution in [-0.2, 0) is 11.4 Å². The molecule has 1 unspecified atom stereocenters. The van der Waals surface area contributed by atoms with Crippen molar-refractivity contribution in [2.75, 3.05) is 6.61 Å². The smallest absolute Gasteiger partial charge is 0.217 e. The largest absolute Gasteiger partial charge is 0.493 e. The van der Waals surface area contributed by atoms with Crippen LogP contribution in [0, 0.1) is 5.92 Å². The van der Waals surface area contributed by atoms with Crippen LogP contribution in [0.5, 0.6) is 11.5 Å². The summed E-state index contributed by atoms with van der Waals surface area (Å²) in [5, 5.41) is 3.78. The molecule has 1 aliphatic carbocycles. The van der Waals surface area contributed by atoms with Gasteiger partial charge in [0.1, 0.15) is 29.4 Å². The third kappa shape index (κ3) is 4.66. The molecule has 1 fully saturated rings. The molecule has 0 aliphatic heterocycles. The molecule has 1 atom stereocenters. The van der Waals surface area contributed by atoms with Crippen LogP contribution in [0.4, 0.5) is 0 Å². The van der Waals surface area contributed by atoms with Gasteiger partial charge in [0.15, 0.2) is 0 Å². The Morgan fingerprint density at radius 2 is 1.86 bits per heavy atom. The molecule has 3 aromatic rings. The maximum Gasteiger partial charge on any atom is 0.217 e. The predicted molar refractivity (Wildman–Crippen MR) is 107 cm³/mol. The Balaban J connectivity index is 1.36. The molecule has 1 heterocycles. The van der Waals surface area contributed by atoms with E-state index < -0.39 is 0 Å². The van der Waals surface area contributed by atoms with Crippen LogP contribution in [0.25, 0.3) is 11.0 Å². The van der Waals surface area contributed by atoms with Gasteiger partial charge in [0.25, 0.3) is 0 Å². The number of ether oxygens (including phenoxy) is 2. The molecule has 1 N–H and O–H groups in total. The molecule has 0 bridgehead atoms. The average Bonchev–Trinajstić information content (AvgIpc) is 3.41. The zero-order valence-corrected chi connectivity index (χ0v) is 16.2. The highest BCUT2D eigenvalue weighted by Crippen LogP contribution is 2.30. The molecule has 5 nitrogen and oxygen atoms in total. The number of benzene rings is 2. The first-order valence-electron chi connectivity index (χ1n) is 9.72. The lowest BCUT2D eigenvalue weighted by atomic mass is 10.2. The summed E-state index contributed by atoms with van der Waals surface area (Å²) >= 11 is 0. The Morgan fingerprint density at radius 3 is 2.57 bits per heavy atom. The number of nitrogens with one attached hydrogen (secondary N) is 1. The minimum Gasteiger partial charge on any atom is -0.493 e. The molecule has 1 aromatic heterocycles. The summed E-state index contributed by atoms with van der Waals surface area (Å²) in [5.41, 5.74) is 1.86. The zero-order chi connectivity index (χ0) is 19.5. The van der Waals surface area contributed by atoms with Crippen LogP contribution in [0.2, 0.25) is 0 Å². The quantitative estimate of drug-likeness (QED) is 0.598. The highest BCUT2D eigenvalue weighted by atomic mass is 16.5. The van der Waals surface area contributed by atoms with E-state index in [0.717, 1.165) is 46.3 Å². The van der Waals surface area contributed by atoms with Gasteiger partial charge in [-0.2, -0.15) is 0 Å². The normalized spacial score (nSPS) is 14.6. The van der Waals surface area contributed by atoms with Crippen LogP contribution >= 0.6 is 0 Å². The monoisotopic (exact) mass is 379 g/mol. The Labute approximate surface area is 164 Å². The van der Waals surface area contributed by atoms with Crippen LogP contribution < -0.4 is 14.8 Å². The number of hydrogen-bond acceptors (Lipinski definition) is 4. The lowest BCUT2D eigenvalue weighted by Gasteiger charge is -2.08. The van der Waals surface area contributed by atoms with E-state index in [1.807, 2.05) is 55.5 Å². The van der Waals surface area contributed by atoms with E-state index in [9.17, 15) is 4.79 Å². The molecular weight excluding hydrogens is 354 g/mol. The second-order valence-corrected chi connectivity index (χ2v) is 7.46. The summed E-state index contributed by atoms with van der Waals surface area (Å²) < 4.78 is 17.5. The molecule has 4 rings (SSSR count). The first-order chi connectivity index (χ1) is 13.6. The van der Waals surface area contributed by atoms with Gasteiger partial charge in [-0.05, 0) is 67.6 Å². The second kappa shape index (κ2) is 7.97. The number of amides is 1. The van der Waals surface area contributed by atoms with Crippen molar-refractivity contribution in [2.24, 2.45) is 5.92 Å². The molecule has 1 aliphatic rings. The van der Waals surface area contributed by atoms with Crippen molar-refractivity contribution in [1.82, 2.24) is 5.32 Å². The number of carbonyl (C=O) groups excluding carboxylic acids is 1. The number of carbonyl (C=O) groups is 1. The van der Waals surface area contributed by atoms with Crippen molar-refractivity contribution >= 4 is 16.9 Å². The third-order valence-electron chi connectivity index (χ3n) is 4.86. The number of rotatable bonds is 8. The molecule has 28 heavy (non-hydrogen) atoms. The van der Waals surface area contributed by atoms with Crippen molar-refractivity contribution in [3.05, 3.63) is 59.9 Å². The van der Waals surface area contributed by atoms with E-state index in [0.29, 0.717) is 6.61 Å². The first kappa shape index (κ1) is 18.4. The summed E-state index contributed by atoms with van der Waals surface area (Å²) in [6, 6.07) is 15.6. The second-order valence-electron chi connectivity index (χ2n) is 7.46. The van der Waals surface area contributed by atoms with E-state index in [1.165, 1.54) is 19.8 Å². The standard InChI is InChI=1S/C23H25NO4/c1-15(24-16(2)25)23-12-19-11-21(9-10-22(19)28-23)27-14-18-5-7-20(8-6-18)26-13-17-3-4-17/h5-12,15,17H,3-4,13-14H2,1-2H3,(H,24,25). The Morgan fingerprint density at radius 1 is 1.11 bits per heavy atom. The van der Waals surface area contributed by atoms with Gasteiger partial charge in [-0.15, -0.1) is 0 Å². The average molecular weight is 379 g/mol. The van der Waals surface area contributed by atoms with Crippen molar-refractivity contribution in [3.8, 4) is 11.5 Å². The lowest BCUT2D eigenvalue weighted by Crippen LogP contribution is -2.23. The summed E-state index contributed by atoms with van der Waals surface area (Å²) in [4.78, 5) is 11.2. The van der Waals surface area contributed by atoms with E-state index >= 15 is 0 Å². The van der Waals surface area contributed by atoms with E-state index in [-0.39, 0.29) is 11.9 Å². The molecule has 2 aromatic carbocycles. The molecule has 1 amide bonds. The minimum atomic E-state index is -0.171. The van der Waals surface area contributed by atoms with Gasteiger partial charge in [0.05, 0.1) is 12.6 Å². The minimum absolute atomic E-state index is 0.0825. The molecule has 146 valence electrons. The summed E-state index contributed by atoms with van der Waals surface area (Å²) in [5.74, 6) is 3.09. The van der Waals surface area contributed by atoms with Gasteiger partial charge < -0.3 is 19.2 Å². The van der Waals surface area contributed by atoms with Crippen molar-refractivity contribution in [2.45, 2.75) is 39.3 Å². The number of fused-ring (bicyclic) bond motifs is 1. The Hall–Kier alpha value is -2.95. The molecule has 0 radical (unpaired) electrons. The maximum absolute atomic E-state index is 11.2. The van der Waals surface area contributed by atoms with Gasteiger partial charge in [0.2, 0.25) is 5.91 Å². The SMILES string of the molecule is CC(=O)NC(C)c1cc2cc(OCc3ccc(OCC4CC4)cc3)ccc2o1. The summed E-state index contributed by atoms with van der Waals surface area (Å²) in [6.45, 7) is 4.70. The highest BCUT2D eigenvalue weighted by molar-refractivity contribution is 5.80. The molecular formula is C23H25NO4. The summed E-state index contributed by atoms with van der Waals surface area (Å²) in [6.07, 6.45) is 2.58. The Bertz CT molecular complexity index is 956. The zero-order valence-electron chi connectivity index (χ0n) is 16.2. The van der Waals surface area contributed by atoms with E-state index in [1.54, 1.807) is 0 Å². The first-order valence-corrected chi connectivity index (χ1v) is 9.72. The van der Waals surface area contributed by atoms with Crippen molar-refractivity contribution in [3.63, 3.8) is 0 Å². The third-order valence-corrected chi connectivity index (χ3v) is 4.86. The summed E-state index contributed by atoms with van der Waals surface area (Å²) in [7, 11) is 0. The fourth-order valence-corrected chi connectivity index (χ4v) is 3.07.